The Morgan fingerprint density at radius 2 is 1.66 bits per heavy atom. The molecule has 0 aromatic heterocycles. The number of amides is 2. The maximum Gasteiger partial charge on any atom is 0.243 e. The summed E-state index contributed by atoms with van der Waals surface area (Å²) in [4.78, 5) is 28.8. The summed E-state index contributed by atoms with van der Waals surface area (Å²) in [6, 6.07) is 21.0. The summed E-state index contributed by atoms with van der Waals surface area (Å²) in [7, 11) is -3.64. The molecule has 3 aromatic carbocycles. The van der Waals surface area contributed by atoms with Gasteiger partial charge in [0.2, 0.25) is 21.8 Å². The zero-order chi connectivity index (χ0) is 29.8. The topological polar surface area (TPSA) is 86.8 Å². The van der Waals surface area contributed by atoms with Crippen molar-refractivity contribution in [1.29, 1.82) is 0 Å². The van der Waals surface area contributed by atoms with Gasteiger partial charge in [0, 0.05) is 37.5 Å². The molecule has 0 fully saturated rings. The Kier molecular flexibility index (Phi) is 12.2. The summed E-state index contributed by atoms with van der Waals surface area (Å²) in [5.74, 6) is -0.971. The fourth-order valence-electron chi connectivity index (χ4n) is 4.48. The number of carbonyl (C=O) groups is 2. The minimum atomic E-state index is -3.64. The Labute approximate surface area is 247 Å². The summed E-state index contributed by atoms with van der Waals surface area (Å²) in [6.07, 6.45) is 3.33. The number of halogens is 2. The minimum Gasteiger partial charge on any atom is -0.354 e. The quantitative estimate of drug-likeness (QED) is 0.230. The van der Waals surface area contributed by atoms with E-state index in [1.807, 2.05) is 37.3 Å². The molecule has 0 heterocycles. The maximum absolute atomic E-state index is 13.8. The van der Waals surface area contributed by atoms with Crippen LogP contribution in [0.4, 0.5) is 10.1 Å². The second-order valence-electron chi connectivity index (χ2n) is 9.92. The van der Waals surface area contributed by atoms with E-state index in [1.165, 1.54) is 21.3 Å². The fourth-order valence-corrected chi connectivity index (χ4v) is 5.62. The normalized spacial score (nSPS) is 12.0. The molecule has 7 nitrogen and oxygen atoms in total. The number of nitrogens with one attached hydrogen (secondary N) is 1. The summed E-state index contributed by atoms with van der Waals surface area (Å²) in [5.41, 5.74) is 1.98. The molecule has 1 N–H and O–H groups in total. The molecule has 3 aromatic rings. The van der Waals surface area contributed by atoms with Gasteiger partial charge in [0.1, 0.15) is 11.9 Å². The first-order valence-corrected chi connectivity index (χ1v) is 15.9. The predicted octanol–water partition coefficient (Wildman–Crippen LogP) is 5.58. The lowest BCUT2D eigenvalue weighted by Gasteiger charge is -2.32. The Morgan fingerprint density at radius 3 is 2.29 bits per heavy atom. The van der Waals surface area contributed by atoms with E-state index in [9.17, 15) is 22.4 Å². The van der Waals surface area contributed by atoms with Crippen LogP contribution in [0.25, 0.3) is 0 Å². The molecule has 0 saturated heterocycles. The van der Waals surface area contributed by atoms with Crippen LogP contribution in [0.2, 0.25) is 5.02 Å². The first-order valence-electron chi connectivity index (χ1n) is 13.7. The summed E-state index contributed by atoms with van der Waals surface area (Å²) < 4.78 is 39.9. The molecule has 2 amide bonds. The van der Waals surface area contributed by atoms with Gasteiger partial charge in [-0.25, -0.2) is 12.8 Å². The van der Waals surface area contributed by atoms with Gasteiger partial charge in [0.15, 0.2) is 0 Å². The van der Waals surface area contributed by atoms with E-state index < -0.39 is 21.9 Å². The standard InChI is InChI=1S/C31H37ClFN3O4S/c1-3-4-19-34-31(38)29(21-24-10-6-5-7-11-24)35(23-25-15-17-27(33)18-16-25)30(37)14-9-20-36(41(2,39)40)28-13-8-12-26(32)22-28/h5-8,10-13,15-18,22,29H,3-4,9,14,19-21,23H2,1-2H3,(H,34,38). The van der Waals surface area contributed by atoms with Crippen LogP contribution in [0.3, 0.4) is 0 Å². The zero-order valence-electron chi connectivity index (χ0n) is 23.4. The highest BCUT2D eigenvalue weighted by Crippen LogP contribution is 2.23. The maximum atomic E-state index is 13.8. The highest BCUT2D eigenvalue weighted by molar-refractivity contribution is 7.92. The first kappa shape index (κ1) is 32.1. The molecule has 1 atom stereocenters. The van der Waals surface area contributed by atoms with Crippen molar-refractivity contribution in [2.45, 2.75) is 51.6 Å². The molecule has 0 aliphatic rings. The van der Waals surface area contributed by atoms with Gasteiger partial charge in [-0.1, -0.05) is 73.5 Å². The highest BCUT2D eigenvalue weighted by atomic mass is 35.5. The van der Waals surface area contributed by atoms with Crippen LogP contribution in [0.1, 0.15) is 43.7 Å². The molecule has 0 aliphatic heterocycles. The van der Waals surface area contributed by atoms with Crippen LogP contribution in [-0.2, 0) is 32.6 Å². The van der Waals surface area contributed by atoms with E-state index in [0.717, 1.165) is 24.7 Å². The minimum absolute atomic E-state index is 0.00130. The van der Waals surface area contributed by atoms with Crippen LogP contribution in [-0.4, -0.2) is 50.5 Å². The van der Waals surface area contributed by atoms with Crippen LogP contribution in [0.15, 0.2) is 78.9 Å². The van der Waals surface area contributed by atoms with Crippen molar-refractivity contribution in [3.05, 3.63) is 101 Å². The molecule has 0 radical (unpaired) electrons. The highest BCUT2D eigenvalue weighted by Gasteiger charge is 2.30. The third-order valence-electron chi connectivity index (χ3n) is 6.62. The third-order valence-corrected chi connectivity index (χ3v) is 8.04. The van der Waals surface area contributed by atoms with E-state index in [0.29, 0.717) is 29.2 Å². The first-order chi connectivity index (χ1) is 19.6. The molecular weight excluding hydrogens is 565 g/mol. The molecule has 3 rings (SSSR count). The van der Waals surface area contributed by atoms with Gasteiger partial charge in [-0.15, -0.1) is 0 Å². The summed E-state index contributed by atoms with van der Waals surface area (Å²) >= 11 is 6.08. The SMILES string of the molecule is CCCCNC(=O)C(Cc1ccccc1)N(Cc1ccc(F)cc1)C(=O)CCCN(c1cccc(Cl)c1)S(C)(=O)=O. The van der Waals surface area contributed by atoms with E-state index in [-0.39, 0.29) is 37.7 Å². The number of hydrogen-bond donors (Lipinski definition) is 1. The van der Waals surface area contributed by atoms with Crippen molar-refractivity contribution >= 4 is 39.1 Å². The van der Waals surface area contributed by atoms with Crippen molar-refractivity contribution < 1.29 is 22.4 Å². The lowest BCUT2D eigenvalue weighted by molar-refractivity contribution is -0.141. The van der Waals surface area contributed by atoms with Gasteiger partial charge in [0.25, 0.3) is 0 Å². The van der Waals surface area contributed by atoms with E-state index >= 15 is 0 Å². The number of benzene rings is 3. The van der Waals surface area contributed by atoms with Crippen molar-refractivity contribution in [2.24, 2.45) is 0 Å². The average molecular weight is 602 g/mol. The second-order valence-corrected chi connectivity index (χ2v) is 12.3. The lowest BCUT2D eigenvalue weighted by Crippen LogP contribution is -2.50. The summed E-state index contributed by atoms with van der Waals surface area (Å²) in [5, 5.41) is 3.36. The number of rotatable bonds is 15. The number of unbranched alkanes of at least 4 members (excludes halogenated alkanes) is 1. The number of sulfonamides is 1. The van der Waals surface area contributed by atoms with Crippen molar-refractivity contribution in [2.75, 3.05) is 23.7 Å². The van der Waals surface area contributed by atoms with Crippen LogP contribution < -0.4 is 9.62 Å². The molecular formula is C31H37ClFN3O4S. The molecule has 10 heteroatoms. The van der Waals surface area contributed by atoms with Crippen LogP contribution in [0, 0.1) is 5.82 Å². The number of carbonyl (C=O) groups excluding carboxylic acids is 2. The molecule has 0 aliphatic carbocycles. The fraction of sp³-hybridized carbons (Fsp3) is 0.355. The molecule has 0 bridgehead atoms. The van der Waals surface area contributed by atoms with Crippen molar-refractivity contribution in [3.63, 3.8) is 0 Å². The molecule has 1 unspecified atom stereocenters. The molecule has 0 spiro atoms. The Bertz CT molecular complexity index is 1390. The van der Waals surface area contributed by atoms with E-state index in [4.69, 9.17) is 11.6 Å². The largest absolute Gasteiger partial charge is 0.354 e. The van der Waals surface area contributed by atoms with Gasteiger partial charge in [-0.05, 0) is 54.3 Å². The van der Waals surface area contributed by atoms with E-state index in [1.54, 1.807) is 36.4 Å². The van der Waals surface area contributed by atoms with Crippen molar-refractivity contribution in [3.8, 4) is 0 Å². The van der Waals surface area contributed by atoms with Crippen LogP contribution in [0.5, 0.6) is 0 Å². The Hall–Kier alpha value is -3.43. The van der Waals surface area contributed by atoms with Gasteiger partial charge >= 0.3 is 0 Å². The smallest absolute Gasteiger partial charge is 0.243 e. The second kappa shape index (κ2) is 15.5. The van der Waals surface area contributed by atoms with Gasteiger partial charge in [-0.2, -0.15) is 0 Å². The molecule has 0 saturated carbocycles. The zero-order valence-corrected chi connectivity index (χ0v) is 25.0. The Balaban J connectivity index is 1.86. The third kappa shape index (κ3) is 10.2. The lowest BCUT2D eigenvalue weighted by atomic mass is 10.0. The monoisotopic (exact) mass is 601 g/mol. The average Bonchev–Trinajstić information content (AvgIpc) is 2.94. The predicted molar refractivity (Wildman–Crippen MR) is 162 cm³/mol. The van der Waals surface area contributed by atoms with Gasteiger partial charge < -0.3 is 10.2 Å². The number of anilines is 1. The van der Waals surface area contributed by atoms with Crippen LogP contribution >= 0.6 is 11.6 Å². The van der Waals surface area contributed by atoms with Gasteiger partial charge in [0.05, 0.1) is 11.9 Å². The Morgan fingerprint density at radius 1 is 0.951 bits per heavy atom. The van der Waals surface area contributed by atoms with E-state index in [2.05, 4.69) is 5.32 Å². The molecule has 220 valence electrons. The summed E-state index contributed by atoms with van der Waals surface area (Å²) in [6.45, 7) is 2.67. The number of hydrogen-bond acceptors (Lipinski definition) is 4. The number of nitrogens with zero attached hydrogens (tertiary/aromatic N) is 2. The van der Waals surface area contributed by atoms with Gasteiger partial charge in [-0.3, -0.25) is 13.9 Å². The molecule has 41 heavy (non-hydrogen) atoms. The van der Waals surface area contributed by atoms with Crippen molar-refractivity contribution in [1.82, 2.24) is 10.2 Å².